The fourth-order valence-corrected chi connectivity index (χ4v) is 3.79. The second-order valence-corrected chi connectivity index (χ2v) is 6.37. The van der Waals surface area contributed by atoms with E-state index in [-0.39, 0.29) is 0 Å². The zero-order chi connectivity index (χ0) is 14.2. The Balaban J connectivity index is 1.50. The van der Waals surface area contributed by atoms with Crippen LogP contribution in [0, 0.1) is 0 Å². The number of hydrogen-bond donors (Lipinski definition) is 1. The molecule has 2 heteroatoms. The molecule has 0 saturated heterocycles. The van der Waals surface area contributed by atoms with Gasteiger partial charge in [-0.1, -0.05) is 42.5 Å². The lowest BCUT2D eigenvalue weighted by atomic mass is 10.1. The maximum atomic E-state index is 3.56. The third kappa shape index (κ3) is 2.34. The molecule has 21 heavy (non-hydrogen) atoms. The molecule has 0 fully saturated rings. The molecule has 0 unspecified atom stereocenters. The van der Waals surface area contributed by atoms with Crippen molar-refractivity contribution < 1.29 is 0 Å². The quantitative estimate of drug-likeness (QED) is 0.927. The zero-order valence-electron chi connectivity index (χ0n) is 12.6. The summed E-state index contributed by atoms with van der Waals surface area (Å²) in [4.78, 5) is 2.52. The number of fused-ring (bicyclic) bond motifs is 2. The van der Waals surface area contributed by atoms with E-state index in [0.717, 1.165) is 13.1 Å². The van der Waals surface area contributed by atoms with Gasteiger partial charge in [0, 0.05) is 24.8 Å². The maximum absolute atomic E-state index is 3.56. The van der Waals surface area contributed by atoms with Crippen LogP contribution in [0.2, 0.25) is 0 Å². The minimum atomic E-state index is 0.639. The molecule has 0 amide bonds. The van der Waals surface area contributed by atoms with Crippen molar-refractivity contribution in [2.24, 2.45) is 0 Å². The lowest BCUT2D eigenvalue weighted by Crippen LogP contribution is -2.31. The average molecular weight is 278 g/mol. The van der Waals surface area contributed by atoms with E-state index in [0.29, 0.717) is 6.04 Å². The summed E-state index contributed by atoms with van der Waals surface area (Å²) in [6.45, 7) is 2.12. The molecule has 0 radical (unpaired) electrons. The molecule has 0 spiro atoms. The highest BCUT2D eigenvalue weighted by Crippen LogP contribution is 2.30. The molecule has 108 valence electrons. The van der Waals surface area contributed by atoms with Gasteiger partial charge in [0.15, 0.2) is 0 Å². The van der Waals surface area contributed by atoms with Crippen LogP contribution in [-0.4, -0.2) is 24.5 Å². The standard InChI is InChI=1S/C19H22N2/c1-21(18-11-15-5-2-3-6-16(15)12-18)13-17-8-4-7-14-9-10-20-19(14)17/h2-8,18,20H,9-13H2,1H3. The second-order valence-electron chi connectivity index (χ2n) is 6.37. The van der Waals surface area contributed by atoms with E-state index >= 15 is 0 Å². The van der Waals surface area contributed by atoms with Crippen LogP contribution in [0.25, 0.3) is 0 Å². The van der Waals surface area contributed by atoms with E-state index in [1.54, 1.807) is 0 Å². The van der Waals surface area contributed by atoms with Gasteiger partial charge in [-0.15, -0.1) is 0 Å². The van der Waals surface area contributed by atoms with E-state index in [1.165, 1.54) is 47.2 Å². The summed E-state index contributed by atoms with van der Waals surface area (Å²) in [6, 6.07) is 16.3. The summed E-state index contributed by atoms with van der Waals surface area (Å²) in [6.07, 6.45) is 3.55. The minimum Gasteiger partial charge on any atom is -0.384 e. The normalized spacial score (nSPS) is 16.9. The van der Waals surface area contributed by atoms with Gasteiger partial charge in [-0.2, -0.15) is 0 Å². The van der Waals surface area contributed by atoms with Crippen LogP contribution in [0.4, 0.5) is 5.69 Å². The Labute approximate surface area is 126 Å². The summed E-state index contributed by atoms with van der Waals surface area (Å²) in [5.74, 6) is 0. The number of benzene rings is 2. The van der Waals surface area contributed by atoms with Crippen LogP contribution < -0.4 is 5.32 Å². The lowest BCUT2D eigenvalue weighted by Gasteiger charge is -2.25. The summed E-state index contributed by atoms with van der Waals surface area (Å²) < 4.78 is 0. The number of anilines is 1. The molecule has 2 aromatic carbocycles. The van der Waals surface area contributed by atoms with Crippen molar-refractivity contribution in [2.45, 2.75) is 31.8 Å². The van der Waals surface area contributed by atoms with Gasteiger partial charge >= 0.3 is 0 Å². The molecule has 1 heterocycles. The van der Waals surface area contributed by atoms with Crippen molar-refractivity contribution in [1.82, 2.24) is 4.90 Å². The van der Waals surface area contributed by atoms with Gasteiger partial charge < -0.3 is 5.32 Å². The van der Waals surface area contributed by atoms with Crippen molar-refractivity contribution in [1.29, 1.82) is 0 Å². The summed E-state index contributed by atoms with van der Waals surface area (Å²) in [7, 11) is 2.27. The highest BCUT2D eigenvalue weighted by Gasteiger charge is 2.25. The van der Waals surface area contributed by atoms with Gasteiger partial charge in [-0.25, -0.2) is 0 Å². The van der Waals surface area contributed by atoms with Gasteiger partial charge in [0.2, 0.25) is 0 Å². The lowest BCUT2D eigenvalue weighted by molar-refractivity contribution is 0.241. The van der Waals surface area contributed by atoms with Gasteiger partial charge in [-0.05, 0) is 48.6 Å². The predicted octanol–water partition coefficient (Wildman–Crippen LogP) is 3.25. The highest BCUT2D eigenvalue weighted by atomic mass is 15.1. The minimum absolute atomic E-state index is 0.639. The van der Waals surface area contributed by atoms with Crippen molar-refractivity contribution in [3.63, 3.8) is 0 Å². The number of para-hydroxylation sites is 1. The molecule has 1 aliphatic carbocycles. The van der Waals surface area contributed by atoms with E-state index < -0.39 is 0 Å². The van der Waals surface area contributed by atoms with E-state index in [2.05, 4.69) is 59.7 Å². The monoisotopic (exact) mass is 278 g/mol. The number of rotatable bonds is 3. The fourth-order valence-electron chi connectivity index (χ4n) is 3.79. The van der Waals surface area contributed by atoms with Crippen LogP contribution >= 0.6 is 0 Å². The predicted molar refractivity (Wildman–Crippen MR) is 87.7 cm³/mol. The molecule has 0 aromatic heterocycles. The third-order valence-electron chi connectivity index (χ3n) is 5.01. The molecule has 1 aliphatic heterocycles. The number of likely N-dealkylation sites (N-methyl/N-ethyl adjacent to an activating group) is 1. The van der Waals surface area contributed by atoms with Gasteiger partial charge in [0.05, 0.1) is 0 Å². The summed E-state index contributed by atoms with van der Waals surface area (Å²) in [5, 5.41) is 3.56. The molecule has 0 atom stereocenters. The largest absolute Gasteiger partial charge is 0.384 e. The first-order valence-corrected chi connectivity index (χ1v) is 7.93. The Morgan fingerprint density at radius 2 is 1.71 bits per heavy atom. The fraction of sp³-hybridized carbons (Fsp3) is 0.368. The van der Waals surface area contributed by atoms with E-state index in [9.17, 15) is 0 Å². The van der Waals surface area contributed by atoms with E-state index in [1.807, 2.05) is 0 Å². The molecule has 1 N–H and O–H groups in total. The van der Waals surface area contributed by atoms with Crippen LogP contribution in [0.3, 0.4) is 0 Å². The maximum Gasteiger partial charge on any atom is 0.0419 e. The Bertz CT molecular complexity index is 637. The molecule has 0 bridgehead atoms. The Hall–Kier alpha value is -1.80. The average Bonchev–Trinajstić information content (AvgIpc) is 3.14. The molecule has 2 aromatic rings. The van der Waals surface area contributed by atoms with Gasteiger partial charge in [0.25, 0.3) is 0 Å². The van der Waals surface area contributed by atoms with Crippen molar-refractivity contribution in [2.75, 3.05) is 18.9 Å². The van der Waals surface area contributed by atoms with Crippen molar-refractivity contribution >= 4 is 5.69 Å². The van der Waals surface area contributed by atoms with Crippen LogP contribution in [0.1, 0.15) is 22.3 Å². The SMILES string of the molecule is CN(Cc1cccc2c1NCC2)C1Cc2ccccc2C1. The molecule has 2 aliphatic rings. The number of nitrogens with one attached hydrogen (secondary N) is 1. The topological polar surface area (TPSA) is 15.3 Å². The number of hydrogen-bond acceptors (Lipinski definition) is 2. The highest BCUT2D eigenvalue weighted by molar-refractivity contribution is 5.61. The molecular formula is C19H22N2. The van der Waals surface area contributed by atoms with Gasteiger partial charge in [0.1, 0.15) is 0 Å². The van der Waals surface area contributed by atoms with Crippen LogP contribution in [0.5, 0.6) is 0 Å². The van der Waals surface area contributed by atoms with Crippen LogP contribution in [-0.2, 0) is 25.8 Å². The van der Waals surface area contributed by atoms with Crippen molar-refractivity contribution in [3.8, 4) is 0 Å². The first kappa shape index (κ1) is 12.9. The smallest absolute Gasteiger partial charge is 0.0419 e. The zero-order valence-corrected chi connectivity index (χ0v) is 12.6. The molecule has 0 saturated carbocycles. The summed E-state index contributed by atoms with van der Waals surface area (Å²) in [5.41, 5.74) is 7.38. The van der Waals surface area contributed by atoms with Crippen molar-refractivity contribution in [3.05, 3.63) is 64.7 Å². The van der Waals surface area contributed by atoms with Crippen LogP contribution in [0.15, 0.2) is 42.5 Å². The Kier molecular flexibility index (Phi) is 3.19. The van der Waals surface area contributed by atoms with E-state index in [4.69, 9.17) is 0 Å². The Morgan fingerprint density at radius 1 is 1.00 bits per heavy atom. The first-order valence-electron chi connectivity index (χ1n) is 7.93. The Morgan fingerprint density at radius 3 is 2.48 bits per heavy atom. The second kappa shape index (κ2) is 5.19. The van der Waals surface area contributed by atoms with Gasteiger partial charge in [-0.3, -0.25) is 4.90 Å². The first-order chi connectivity index (χ1) is 10.3. The molecule has 2 nitrogen and oxygen atoms in total. The number of nitrogens with zero attached hydrogens (tertiary/aromatic N) is 1. The third-order valence-corrected chi connectivity index (χ3v) is 5.01. The molecular weight excluding hydrogens is 256 g/mol. The summed E-state index contributed by atoms with van der Waals surface area (Å²) >= 11 is 0. The molecule has 4 rings (SSSR count).